The highest BCUT2D eigenvalue weighted by Crippen LogP contribution is 2.27. The highest BCUT2D eigenvalue weighted by atomic mass is 79.9. The molecule has 1 saturated heterocycles. The van der Waals surface area contributed by atoms with Crippen LogP contribution >= 0.6 is 15.9 Å². The Hall–Kier alpha value is -2.34. The lowest BCUT2D eigenvalue weighted by Gasteiger charge is -2.26. The molecule has 1 fully saturated rings. The largest absolute Gasteiger partial charge is 0.492 e. The van der Waals surface area contributed by atoms with Gasteiger partial charge in [-0.25, -0.2) is 0 Å². The summed E-state index contributed by atoms with van der Waals surface area (Å²) < 4.78 is 6.57. The molecule has 6 heteroatoms. The van der Waals surface area contributed by atoms with E-state index in [1.54, 1.807) is 36.4 Å². The molecule has 1 aliphatic heterocycles. The van der Waals surface area contributed by atoms with E-state index in [1.165, 1.54) is 19.3 Å². The van der Waals surface area contributed by atoms with Gasteiger partial charge in [-0.05, 0) is 78.0 Å². The molecule has 2 amide bonds. The smallest absolute Gasteiger partial charge is 0.255 e. The Labute approximate surface area is 193 Å². The Kier molecular flexibility index (Phi) is 8.95. The number of nitrogens with one attached hydrogen (secondary N) is 1. The van der Waals surface area contributed by atoms with Crippen molar-refractivity contribution in [3.63, 3.8) is 0 Å². The minimum Gasteiger partial charge on any atom is -0.492 e. The quantitative estimate of drug-likeness (QED) is 0.423. The van der Waals surface area contributed by atoms with E-state index in [0.29, 0.717) is 23.4 Å². The number of benzene rings is 2. The van der Waals surface area contributed by atoms with E-state index >= 15 is 0 Å². The number of carbonyl (C=O) groups is 2. The molecular formula is C25H31BrN2O3. The number of likely N-dealkylation sites (tertiary alicyclic amines) is 1. The molecule has 0 aliphatic carbocycles. The zero-order chi connectivity index (χ0) is 22.1. The van der Waals surface area contributed by atoms with Crippen molar-refractivity contribution in [1.29, 1.82) is 0 Å². The number of ether oxygens (including phenoxy) is 1. The first-order valence-corrected chi connectivity index (χ1v) is 12.0. The SMILES string of the molecule is CCCCCCOc1ccc(C(=O)Nc2cccc(C(=O)N3CCCCC3)c2)cc1Br. The van der Waals surface area contributed by atoms with Gasteiger partial charge in [0.05, 0.1) is 11.1 Å². The molecule has 2 aromatic rings. The number of nitrogens with zero attached hydrogens (tertiary/aromatic N) is 1. The minimum absolute atomic E-state index is 0.0268. The predicted octanol–water partition coefficient (Wildman–Crippen LogP) is 6.29. The second-order valence-electron chi connectivity index (χ2n) is 7.94. The van der Waals surface area contributed by atoms with Crippen LogP contribution in [0.5, 0.6) is 5.75 Å². The van der Waals surface area contributed by atoms with Gasteiger partial charge in [0, 0.05) is 29.9 Å². The molecule has 1 aliphatic rings. The number of rotatable bonds is 9. The summed E-state index contributed by atoms with van der Waals surface area (Å²) in [5.74, 6) is 0.541. The van der Waals surface area contributed by atoms with E-state index in [2.05, 4.69) is 28.2 Å². The van der Waals surface area contributed by atoms with Crippen molar-refractivity contribution in [2.45, 2.75) is 51.9 Å². The molecular weight excluding hydrogens is 456 g/mol. The Bertz CT molecular complexity index is 894. The van der Waals surface area contributed by atoms with E-state index < -0.39 is 0 Å². The standard InChI is InChI=1S/C25H31BrN2O3/c1-2-3-4-8-16-31-23-13-12-19(18-22(23)26)24(29)27-21-11-9-10-20(17-21)25(30)28-14-6-5-7-15-28/h9-13,17-18H,2-8,14-16H2,1H3,(H,27,29). The average Bonchev–Trinajstić information content (AvgIpc) is 2.80. The maximum atomic E-state index is 12.7. The third-order valence-electron chi connectivity index (χ3n) is 5.46. The van der Waals surface area contributed by atoms with Crippen LogP contribution in [0.3, 0.4) is 0 Å². The molecule has 5 nitrogen and oxygen atoms in total. The van der Waals surface area contributed by atoms with Crippen molar-refractivity contribution in [3.05, 3.63) is 58.1 Å². The molecule has 3 rings (SSSR count). The maximum Gasteiger partial charge on any atom is 0.255 e. The molecule has 2 aromatic carbocycles. The van der Waals surface area contributed by atoms with Gasteiger partial charge >= 0.3 is 0 Å². The summed E-state index contributed by atoms with van der Waals surface area (Å²) in [4.78, 5) is 27.3. The normalized spacial score (nSPS) is 13.7. The zero-order valence-electron chi connectivity index (χ0n) is 18.2. The third-order valence-corrected chi connectivity index (χ3v) is 6.08. The fraction of sp³-hybridized carbons (Fsp3) is 0.440. The van der Waals surface area contributed by atoms with Crippen LogP contribution in [-0.2, 0) is 0 Å². The topological polar surface area (TPSA) is 58.6 Å². The van der Waals surface area contributed by atoms with Crippen molar-refractivity contribution in [3.8, 4) is 5.75 Å². The molecule has 1 heterocycles. The average molecular weight is 487 g/mol. The van der Waals surface area contributed by atoms with Crippen LogP contribution in [0.25, 0.3) is 0 Å². The second kappa shape index (κ2) is 11.9. The van der Waals surface area contributed by atoms with Gasteiger partial charge in [-0.2, -0.15) is 0 Å². The lowest BCUT2D eigenvalue weighted by molar-refractivity contribution is 0.0724. The Balaban J connectivity index is 1.59. The fourth-order valence-electron chi connectivity index (χ4n) is 3.68. The number of piperidine rings is 1. The van der Waals surface area contributed by atoms with Gasteiger partial charge in [-0.3, -0.25) is 9.59 Å². The van der Waals surface area contributed by atoms with Crippen LogP contribution in [0.2, 0.25) is 0 Å². The summed E-state index contributed by atoms with van der Waals surface area (Å²) >= 11 is 3.50. The summed E-state index contributed by atoms with van der Waals surface area (Å²) in [6, 6.07) is 12.5. The van der Waals surface area contributed by atoms with Gasteiger partial charge in [-0.15, -0.1) is 0 Å². The third kappa shape index (κ3) is 6.82. The van der Waals surface area contributed by atoms with Gasteiger partial charge in [0.15, 0.2) is 0 Å². The van der Waals surface area contributed by atoms with Crippen LogP contribution in [0.4, 0.5) is 5.69 Å². The summed E-state index contributed by atoms with van der Waals surface area (Å²) in [6.07, 6.45) is 7.88. The fourth-order valence-corrected chi connectivity index (χ4v) is 4.18. The Morgan fingerprint density at radius 2 is 1.81 bits per heavy atom. The molecule has 0 radical (unpaired) electrons. The molecule has 0 unspecified atom stereocenters. The first-order valence-electron chi connectivity index (χ1n) is 11.2. The number of unbranched alkanes of at least 4 members (excludes halogenated alkanes) is 3. The number of carbonyl (C=O) groups excluding carboxylic acids is 2. The van der Waals surface area contributed by atoms with Gasteiger partial charge in [0.1, 0.15) is 5.75 Å². The van der Waals surface area contributed by atoms with E-state index in [9.17, 15) is 9.59 Å². The number of amides is 2. The lowest BCUT2D eigenvalue weighted by atomic mass is 10.1. The molecule has 0 atom stereocenters. The first kappa shape index (κ1) is 23.3. The maximum absolute atomic E-state index is 12.7. The van der Waals surface area contributed by atoms with Crippen molar-refractivity contribution >= 4 is 33.4 Å². The highest BCUT2D eigenvalue weighted by molar-refractivity contribution is 9.10. The summed E-state index contributed by atoms with van der Waals surface area (Å²) in [6.45, 7) is 4.46. The number of anilines is 1. The first-order chi connectivity index (χ1) is 15.1. The van der Waals surface area contributed by atoms with Gasteiger partial charge in [-0.1, -0.05) is 32.3 Å². The second-order valence-corrected chi connectivity index (χ2v) is 8.80. The predicted molar refractivity (Wildman–Crippen MR) is 128 cm³/mol. The molecule has 0 bridgehead atoms. The van der Waals surface area contributed by atoms with E-state index in [-0.39, 0.29) is 11.8 Å². The molecule has 0 spiro atoms. The van der Waals surface area contributed by atoms with E-state index in [1.807, 2.05) is 11.0 Å². The van der Waals surface area contributed by atoms with Crippen LogP contribution in [0, 0.1) is 0 Å². The van der Waals surface area contributed by atoms with Crippen molar-refractivity contribution in [2.75, 3.05) is 25.0 Å². The van der Waals surface area contributed by atoms with Gasteiger partial charge < -0.3 is 15.0 Å². The van der Waals surface area contributed by atoms with Crippen molar-refractivity contribution in [1.82, 2.24) is 4.90 Å². The van der Waals surface area contributed by atoms with Gasteiger partial charge in [0.25, 0.3) is 11.8 Å². The Morgan fingerprint density at radius 1 is 1.00 bits per heavy atom. The van der Waals surface area contributed by atoms with Crippen molar-refractivity contribution in [2.24, 2.45) is 0 Å². The minimum atomic E-state index is -0.224. The molecule has 31 heavy (non-hydrogen) atoms. The number of hydrogen-bond donors (Lipinski definition) is 1. The highest BCUT2D eigenvalue weighted by Gasteiger charge is 2.18. The van der Waals surface area contributed by atoms with Crippen LogP contribution < -0.4 is 10.1 Å². The van der Waals surface area contributed by atoms with Crippen molar-refractivity contribution < 1.29 is 14.3 Å². The van der Waals surface area contributed by atoms with Crippen LogP contribution in [0.15, 0.2) is 46.9 Å². The molecule has 166 valence electrons. The molecule has 0 saturated carbocycles. The molecule has 1 N–H and O–H groups in total. The summed E-state index contributed by atoms with van der Waals surface area (Å²) in [5.41, 5.74) is 1.74. The summed E-state index contributed by atoms with van der Waals surface area (Å²) in [5, 5.41) is 2.90. The Morgan fingerprint density at radius 3 is 2.55 bits per heavy atom. The summed E-state index contributed by atoms with van der Waals surface area (Å²) in [7, 11) is 0. The number of halogens is 1. The van der Waals surface area contributed by atoms with Gasteiger partial charge in [0.2, 0.25) is 0 Å². The zero-order valence-corrected chi connectivity index (χ0v) is 19.7. The lowest BCUT2D eigenvalue weighted by Crippen LogP contribution is -2.35. The molecule has 0 aromatic heterocycles. The van der Waals surface area contributed by atoms with Crippen LogP contribution in [0.1, 0.15) is 72.6 Å². The number of hydrogen-bond acceptors (Lipinski definition) is 3. The van der Waals surface area contributed by atoms with E-state index in [4.69, 9.17) is 4.74 Å². The monoisotopic (exact) mass is 486 g/mol. The van der Waals surface area contributed by atoms with E-state index in [0.717, 1.165) is 49.0 Å². The van der Waals surface area contributed by atoms with Crippen LogP contribution in [-0.4, -0.2) is 36.4 Å².